The smallest absolute Gasteiger partial charge is 0.305 e. The maximum atomic E-state index is 12.5. The van der Waals surface area contributed by atoms with Crippen LogP contribution in [0.2, 0.25) is 0 Å². The lowest BCUT2D eigenvalue weighted by atomic mass is 10.0. The van der Waals surface area contributed by atoms with Gasteiger partial charge >= 0.3 is 5.97 Å². The fraction of sp³-hybridized carbons (Fsp3) is 0.895. The van der Waals surface area contributed by atoms with Crippen LogP contribution in [0.5, 0.6) is 0 Å². The normalized spacial score (nSPS) is 12.8. The van der Waals surface area contributed by atoms with Gasteiger partial charge in [-0.15, -0.1) is 0 Å². The number of hydrogen-bond acceptors (Lipinski definition) is 5. The van der Waals surface area contributed by atoms with Crippen LogP contribution in [0.1, 0.15) is 303 Å². The van der Waals surface area contributed by atoms with Gasteiger partial charge in [0.15, 0.2) is 0 Å². The van der Waals surface area contributed by atoms with Gasteiger partial charge in [-0.3, -0.25) is 9.59 Å². The van der Waals surface area contributed by atoms with Crippen LogP contribution in [-0.4, -0.2) is 47.4 Å². The van der Waals surface area contributed by atoms with Gasteiger partial charge < -0.3 is 20.3 Å². The van der Waals surface area contributed by atoms with E-state index in [0.717, 1.165) is 64.2 Å². The van der Waals surface area contributed by atoms with Crippen LogP contribution in [0.3, 0.4) is 0 Å². The van der Waals surface area contributed by atoms with E-state index in [1.54, 1.807) is 0 Å². The van der Waals surface area contributed by atoms with Crippen LogP contribution in [0.4, 0.5) is 0 Å². The summed E-state index contributed by atoms with van der Waals surface area (Å²) in [6, 6.07) is -0.554. The summed E-state index contributed by atoms with van der Waals surface area (Å²) < 4.78 is 5.47. The highest BCUT2D eigenvalue weighted by Crippen LogP contribution is 2.17. The number of esters is 1. The van der Waals surface area contributed by atoms with Crippen LogP contribution in [0, 0.1) is 0 Å². The summed E-state index contributed by atoms with van der Waals surface area (Å²) in [5.41, 5.74) is 0. The molecule has 0 aromatic heterocycles. The Labute approximate surface area is 392 Å². The summed E-state index contributed by atoms with van der Waals surface area (Å²) in [6.07, 6.45) is 62.9. The Morgan fingerprint density at radius 1 is 0.444 bits per heavy atom. The Balaban J connectivity index is 3.46. The molecular formula is C57H109NO5. The van der Waals surface area contributed by atoms with E-state index in [9.17, 15) is 19.8 Å². The predicted octanol–water partition coefficient (Wildman–Crippen LogP) is 17.1. The first-order valence-electron chi connectivity index (χ1n) is 28.1. The van der Waals surface area contributed by atoms with E-state index in [0.29, 0.717) is 25.9 Å². The van der Waals surface area contributed by atoms with Gasteiger partial charge in [0.2, 0.25) is 5.91 Å². The molecule has 3 N–H and O–H groups in total. The highest BCUT2D eigenvalue weighted by molar-refractivity contribution is 5.76. The van der Waals surface area contributed by atoms with E-state index >= 15 is 0 Å². The largest absolute Gasteiger partial charge is 0.466 e. The quantitative estimate of drug-likeness (QED) is 0.0321. The van der Waals surface area contributed by atoms with Gasteiger partial charge in [-0.1, -0.05) is 256 Å². The molecule has 6 nitrogen and oxygen atoms in total. The minimum absolute atomic E-state index is 0.0165. The molecule has 0 aromatic carbocycles. The highest BCUT2D eigenvalue weighted by Gasteiger charge is 2.20. The number of hydrogen-bond donors (Lipinski definition) is 3. The molecule has 0 aliphatic heterocycles. The van der Waals surface area contributed by atoms with E-state index in [-0.39, 0.29) is 18.5 Å². The maximum absolute atomic E-state index is 12.5. The van der Waals surface area contributed by atoms with Crippen molar-refractivity contribution in [2.75, 3.05) is 13.2 Å². The molecule has 0 aliphatic carbocycles. The molecule has 0 spiro atoms. The first-order valence-corrected chi connectivity index (χ1v) is 28.1. The molecule has 0 aromatic rings. The lowest BCUT2D eigenvalue weighted by Crippen LogP contribution is -2.45. The van der Waals surface area contributed by atoms with Gasteiger partial charge in [0.1, 0.15) is 0 Å². The molecule has 1 amide bonds. The van der Waals surface area contributed by atoms with Crippen molar-refractivity contribution in [2.45, 2.75) is 315 Å². The van der Waals surface area contributed by atoms with Crippen molar-refractivity contribution < 1.29 is 24.5 Å². The third kappa shape index (κ3) is 49.6. The fourth-order valence-corrected chi connectivity index (χ4v) is 8.67. The number of nitrogens with one attached hydrogen (secondary N) is 1. The molecule has 0 rings (SSSR count). The Morgan fingerprint density at radius 2 is 0.794 bits per heavy atom. The van der Waals surface area contributed by atoms with Crippen molar-refractivity contribution in [3.05, 3.63) is 24.3 Å². The Hall–Kier alpha value is -1.66. The molecule has 0 saturated heterocycles. The summed E-state index contributed by atoms with van der Waals surface area (Å²) in [7, 11) is 0. The van der Waals surface area contributed by atoms with Crippen molar-refractivity contribution in [1.82, 2.24) is 5.32 Å². The zero-order valence-corrected chi connectivity index (χ0v) is 42.3. The standard InChI is InChI=1S/C57H109NO5/c1-3-5-7-9-11-13-15-17-19-21-23-25-29-33-37-41-45-49-55(60)54(53-59)58-56(61)50-46-42-38-34-30-27-28-32-36-40-44-48-52-63-57(62)51-47-43-39-35-31-26-24-22-20-18-16-14-12-10-8-6-4-2/h12,14,18,20,54-55,59-60H,3-11,13,15-17,19,21-53H2,1-2H3,(H,58,61)/b14-12-,20-18-. The Kier molecular flexibility index (Phi) is 51.6. The van der Waals surface area contributed by atoms with Gasteiger partial charge in [-0.05, 0) is 57.8 Å². The first-order chi connectivity index (χ1) is 31.0. The maximum Gasteiger partial charge on any atom is 0.305 e. The third-order valence-electron chi connectivity index (χ3n) is 13.0. The second-order valence-electron chi connectivity index (χ2n) is 19.3. The van der Waals surface area contributed by atoms with Crippen molar-refractivity contribution in [3.8, 4) is 0 Å². The molecule has 0 aliphatic rings. The number of rotatable bonds is 52. The summed E-state index contributed by atoms with van der Waals surface area (Å²) in [5, 5.41) is 23.3. The number of aliphatic hydroxyl groups is 2. The number of unbranched alkanes of at least 4 members (excludes halogenated alkanes) is 37. The minimum atomic E-state index is -0.675. The lowest BCUT2D eigenvalue weighted by Gasteiger charge is -2.22. The Morgan fingerprint density at radius 3 is 1.24 bits per heavy atom. The number of ether oxygens (including phenoxy) is 1. The van der Waals surface area contributed by atoms with Crippen LogP contribution < -0.4 is 5.32 Å². The number of amides is 1. The molecule has 6 heteroatoms. The third-order valence-corrected chi connectivity index (χ3v) is 13.0. The SMILES string of the molecule is CCCCC/C=C\C/C=C\CCCCCCCCCC(=O)OCCCCCCCCCCCCCCC(=O)NC(CO)C(O)CCCCCCCCCCCCCCCCCCC. The molecule has 0 radical (unpaired) electrons. The van der Waals surface area contributed by atoms with Gasteiger partial charge in [0.05, 0.1) is 25.4 Å². The molecular weight excluding hydrogens is 779 g/mol. The molecule has 372 valence electrons. The van der Waals surface area contributed by atoms with Crippen LogP contribution in [0.25, 0.3) is 0 Å². The fourth-order valence-electron chi connectivity index (χ4n) is 8.67. The summed E-state index contributed by atoms with van der Waals surface area (Å²) in [6.45, 7) is 4.90. The van der Waals surface area contributed by atoms with Gasteiger partial charge in [-0.2, -0.15) is 0 Å². The van der Waals surface area contributed by atoms with E-state index in [1.807, 2.05) is 0 Å². The highest BCUT2D eigenvalue weighted by atomic mass is 16.5. The summed E-state index contributed by atoms with van der Waals surface area (Å²) >= 11 is 0. The monoisotopic (exact) mass is 888 g/mol. The van der Waals surface area contributed by atoms with Crippen LogP contribution >= 0.6 is 0 Å². The molecule has 0 bridgehead atoms. The van der Waals surface area contributed by atoms with E-state index in [1.165, 1.54) is 205 Å². The lowest BCUT2D eigenvalue weighted by molar-refractivity contribution is -0.143. The number of carbonyl (C=O) groups excluding carboxylic acids is 2. The van der Waals surface area contributed by atoms with Crippen LogP contribution in [0.15, 0.2) is 24.3 Å². The molecule has 2 atom stereocenters. The van der Waals surface area contributed by atoms with Crippen molar-refractivity contribution >= 4 is 11.9 Å². The van der Waals surface area contributed by atoms with Gasteiger partial charge in [-0.25, -0.2) is 0 Å². The molecule has 0 saturated carbocycles. The van der Waals surface area contributed by atoms with Crippen molar-refractivity contribution in [3.63, 3.8) is 0 Å². The van der Waals surface area contributed by atoms with Crippen molar-refractivity contribution in [2.24, 2.45) is 0 Å². The summed E-state index contributed by atoms with van der Waals surface area (Å²) in [4.78, 5) is 24.5. The molecule has 0 fully saturated rings. The zero-order valence-electron chi connectivity index (χ0n) is 42.3. The van der Waals surface area contributed by atoms with E-state index in [2.05, 4.69) is 43.5 Å². The number of carbonyl (C=O) groups is 2. The number of aliphatic hydroxyl groups excluding tert-OH is 2. The zero-order chi connectivity index (χ0) is 45.8. The number of allylic oxidation sites excluding steroid dienone is 4. The second-order valence-corrected chi connectivity index (χ2v) is 19.3. The summed E-state index contributed by atoms with van der Waals surface area (Å²) in [5.74, 6) is -0.0657. The minimum Gasteiger partial charge on any atom is -0.466 e. The van der Waals surface area contributed by atoms with Crippen LogP contribution in [-0.2, 0) is 14.3 Å². The van der Waals surface area contributed by atoms with Crippen molar-refractivity contribution in [1.29, 1.82) is 0 Å². The molecule has 63 heavy (non-hydrogen) atoms. The van der Waals surface area contributed by atoms with E-state index in [4.69, 9.17) is 4.74 Å². The predicted molar refractivity (Wildman–Crippen MR) is 273 cm³/mol. The molecule has 2 unspecified atom stereocenters. The van der Waals surface area contributed by atoms with E-state index < -0.39 is 12.1 Å². The Bertz CT molecular complexity index is 982. The molecule has 0 heterocycles. The second kappa shape index (κ2) is 53.0. The first kappa shape index (κ1) is 61.3. The van der Waals surface area contributed by atoms with Gasteiger partial charge in [0, 0.05) is 12.8 Å². The average Bonchev–Trinajstić information content (AvgIpc) is 3.28. The van der Waals surface area contributed by atoms with Gasteiger partial charge in [0.25, 0.3) is 0 Å². The topological polar surface area (TPSA) is 95.9 Å². The average molecular weight is 889 g/mol.